The summed E-state index contributed by atoms with van der Waals surface area (Å²) in [4.78, 5) is 25.3. The predicted molar refractivity (Wildman–Crippen MR) is 108 cm³/mol. The van der Waals surface area contributed by atoms with Crippen LogP contribution in [0.25, 0.3) is 0 Å². The van der Waals surface area contributed by atoms with Crippen LogP contribution in [0.3, 0.4) is 0 Å². The van der Waals surface area contributed by atoms with E-state index in [2.05, 4.69) is 10.6 Å². The Morgan fingerprint density at radius 2 is 1.57 bits per heavy atom. The highest BCUT2D eigenvalue weighted by molar-refractivity contribution is 6.13. The van der Waals surface area contributed by atoms with Crippen LogP contribution in [0.15, 0.2) is 42.5 Å². The van der Waals surface area contributed by atoms with Gasteiger partial charge in [-0.1, -0.05) is 18.2 Å². The molecule has 0 unspecified atom stereocenters. The van der Waals surface area contributed by atoms with Gasteiger partial charge in [-0.05, 0) is 62.1 Å². The molecule has 0 spiro atoms. The number of rotatable bonds is 8. The average molecular weight is 382 g/mol. The van der Waals surface area contributed by atoms with Gasteiger partial charge in [-0.15, -0.1) is 0 Å². The fourth-order valence-corrected chi connectivity index (χ4v) is 3.10. The maximum absolute atomic E-state index is 12.7. The van der Waals surface area contributed by atoms with Gasteiger partial charge in [-0.25, -0.2) is 0 Å². The van der Waals surface area contributed by atoms with Crippen LogP contribution >= 0.6 is 0 Å². The summed E-state index contributed by atoms with van der Waals surface area (Å²) < 4.78 is 10.7. The molecule has 0 aromatic heterocycles. The van der Waals surface area contributed by atoms with Crippen molar-refractivity contribution in [3.63, 3.8) is 0 Å². The van der Waals surface area contributed by atoms with Crippen LogP contribution in [0.2, 0.25) is 0 Å². The van der Waals surface area contributed by atoms with Crippen LogP contribution in [-0.2, 0) is 9.59 Å². The molecule has 3 rings (SSSR count). The third-order valence-electron chi connectivity index (χ3n) is 5.05. The highest BCUT2D eigenvalue weighted by atomic mass is 16.5. The van der Waals surface area contributed by atoms with Crippen molar-refractivity contribution in [3.05, 3.63) is 53.6 Å². The molecule has 0 bridgehead atoms. The molecular weight excluding hydrogens is 356 g/mol. The van der Waals surface area contributed by atoms with E-state index in [-0.39, 0.29) is 11.8 Å². The quantitative estimate of drug-likeness (QED) is 0.543. The molecule has 1 fully saturated rings. The van der Waals surface area contributed by atoms with Crippen molar-refractivity contribution >= 4 is 17.5 Å². The summed E-state index contributed by atoms with van der Waals surface area (Å²) in [7, 11) is 1.61. The molecule has 0 saturated heterocycles. The highest BCUT2D eigenvalue weighted by Gasteiger charge is 2.56. The standard InChI is InChI=1S/C22H26N2O4/c1-15-5-4-6-16(2)19(15)24-21(26)22(11-12-22)20(25)23-13-14-28-18-9-7-17(27-3)8-10-18/h4-10H,11-14H2,1-3H3,(H,23,25)(H,24,26). The van der Waals surface area contributed by atoms with E-state index in [1.165, 1.54) is 0 Å². The molecule has 1 saturated carbocycles. The Balaban J connectivity index is 1.50. The Morgan fingerprint density at radius 3 is 2.14 bits per heavy atom. The molecule has 28 heavy (non-hydrogen) atoms. The van der Waals surface area contributed by atoms with Crippen molar-refractivity contribution in [2.24, 2.45) is 5.41 Å². The van der Waals surface area contributed by atoms with Crippen molar-refractivity contribution in [3.8, 4) is 11.5 Å². The van der Waals surface area contributed by atoms with Crippen molar-refractivity contribution in [2.75, 3.05) is 25.6 Å². The van der Waals surface area contributed by atoms with Gasteiger partial charge in [-0.3, -0.25) is 9.59 Å². The van der Waals surface area contributed by atoms with Gasteiger partial charge in [0.15, 0.2) is 0 Å². The topological polar surface area (TPSA) is 76.7 Å². The van der Waals surface area contributed by atoms with Gasteiger partial charge in [-0.2, -0.15) is 0 Å². The number of carbonyl (C=O) groups excluding carboxylic acids is 2. The molecule has 0 atom stereocenters. The van der Waals surface area contributed by atoms with Gasteiger partial charge in [0.05, 0.1) is 13.7 Å². The molecule has 0 heterocycles. The third-order valence-corrected chi connectivity index (χ3v) is 5.05. The second-order valence-electron chi connectivity index (χ2n) is 7.08. The van der Waals surface area contributed by atoms with Crippen LogP contribution in [0.1, 0.15) is 24.0 Å². The Labute approximate surface area is 165 Å². The van der Waals surface area contributed by atoms with Gasteiger partial charge in [0.25, 0.3) is 0 Å². The Morgan fingerprint density at radius 1 is 0.964 bits per heavy atom. The molecule has 148 valence electrons. The van der Waals surface area contributed by atoms with Crippen LogP contribution in [0.4, 0.5) is 5.69 Å². The molecule has 1 aliphatic carbocycles. The van der Waals surface area contributed by atoms with E-state index in [1.54, 1.807) is 19.2 Å². The molecule has 1 aliphatic rings. The van der Waals surface area contributed by atoms with E-state index >= 15 is 0 Å². The van der Waals surface area contributed by atoms with Gasteiger partial charge in [0.2, 0.25) is 11.8 Å². The van der Waals surface area contributed by atoms with Crippen molar-refractivity contribution < 1.29 is 19.1 Å². The summed E-state index contributed by atoms with van der Waals surface area (Å²) >= 11 is 0. The lowest BCUT2D eigenvalue weighted by Gasteiger charge is -2.18. The summed E-state index contributed by atoms with van der Waals surface area (Å²) in [6.07, 6.45) is 1.13. The minimum Gasteiger partial charge on any atom is -0.497 e. The van der Waals surface area contributed by atoms with E-state index in [4.69, 9.17) is 9.47 Å². The zero-order valence-electron chi connectivity index (χ0n) is 16.5. The Kier molecular flexibility index (Phi) is 5.87. The maximum Gasteiger partial charge on any atom is 0.240 e. The van der Waals surface area contributed by atoms with Crippen molar-refractivity contribution in [1.29, 1.82) is 0 Å². The summed E-state index contributed by atoms with van der Waals surface area (Å²) in [5.41, 5.74) is 1.79. The summed E-state index contributed by atoms with van der Waals surface area (Å²) in [5.74, 6) is 0.975. The summed E-state index contributed by atoms with van der Waals surface area (Å²) in [6.45, 7) is 4.55. The molecule has 6 heteroatoms. The number of methoxy groups -OCH3 is 1. The maximum atomic E-state index is 12.7. The highest BCUT2D eigenvalue weighted by Crippen LogP contribution is 2.47. The molecule has 2 N–H and O–H groups in total. The predicted octanol–water partition coefficient (Wildman–Crippen LogP) is 3.23. The largest absolute Gasteiger partial charge is 0.497 e. The lowest BCUT2D eigenvalue weighted by atomic mass is 10.0. The number of benzene rings is 2. The smallest absolute Gasteiger partial charge is 0.240 e. The van der Waals surface area contributed by atoms with E-state index in [9.17, 15) is 9.59 Å². The molecule has 2 aromatic rings. The van der Waals surface area contributed by atoms with E-state index in [1.807, 2.05) is 44.2 Å². The van der Waals surface area contributed by atoms with E-state index in [0.29, 0.717) is 31.7 Å². The fourth-order valence-electron chi connectivity index (χ4n) is 3.10. The molecule has 0 radical (unpaired) electrons. The number of carbonyl (C=O) groups is 2. The van der Waals surface area contributed by atoms with Crippen LogP contribution in [0, 0.1) is 19.3 Å². The first kappa shape index (κ1) is 19.7. The molecule has 2 amide bonds. The lowest BCUT2D eigenvalue weighted by Crippen LogP contribution is -2.41. The van der Waals surface area contributed by atoms with Gasteiger partial charge in [0, 0.05) is 5.69 Å². The zero-order valence-corrected chi connectivity index (χ0v) is 16.5. The fraction of sp³-hybridized carbons (Fsp3) is 0.364. The number of ether oxygens (including phenoxy) is 2. The number of anilines is 1. The van der Waals surface area contributed by atoms with Crippen LogP contribution < -0.4 is 20.1 Å². The first-order valence-electron chi connectivity index (χ1n) is 9.39. The van der Waals surface area contributed by atoms with Gasteiger partial charge >= 0.3 is 0 Å². The van der Waals surface area contributed by atoms with E-state index < -0.39 is 5.41 Å². The third kappa shape index (κ3) is 4.27. The summed E-state index contributed by atoms with van der Waals surface area (Å²) in [6, 6.07) is 13.1. The van der Waals surface area contributed by atoms with E-state index in [0.717, 1.165) is 22.6 Å². The van der Waals surface area contributed by atoms with Crippen LogP contribution in [-0.4, -0.2) is 32.1 Å². The second-order valence-corrected chi connectivity index (χ2v) is 7.08. The number of nitrogens with one attached hydrogen (secondary N) is 2. The van der Waals surface area contributed by atoms with Crippen molar-refractivity contribution in [1.82, 2.24) is 5.32 Å². The first-order valence-corrected chi connectivity index (χ1v) is 9.39. The Hall–Kier alpha value is -3.02. The average Bonchev–Trinajstić information content (AvgIpc) is 3.50. The molecule has 6 nitrogen and oxygen atoms in total. The molecule has 2 aromatic carbocycles. The lowest BCUT2D eigenvalue weighted by molar-refractivity contribution is -0.134. The zero-order chi connectivity index (χ0) is 20.1. The van der Waals surface area contributed by atoms with Crippen LogP contribution in [0.5, 0.6) is 11.5 Å². The molecular formula is C22H26N2O4. The Bertz CT molecular complexity index is 837. The van der Waals surface area contributed by atoms with Gasteiger partial charge in [0.1, 0.15) is 23.5 Å². The SMILES string of the molecule is COc1ccc(OCCNC(=O)C2(C(=O)Nc3c(C)cccc3C)CC2)cc1. The molecule has 0 aliphatic heterocycles. The minimum absolute atomic E-state index is 0.238. The second kappa shape index (κ2) is 8.33. The number of aryl methyl sites for hydroxylation is 2. The number of hydrogen-bond acceptors (Lipinski definition) is 4. The minimum atomic E-state index is -0.963. The summed E-state index contributed by atoms with van der Waals surface area (Å²) in [5, 5.41) is 5.77. The number of amides is 2. The monoisotopic (exact) mass is 382 g/mol. The number of hydrogen-bond donors (Lipinski definition) is 2. The first-order chi connectivity index (χ1) is 13.5. The van der Waals surface area contributed by atoms with Crippen molar-refractivity contribution in [2.45, 2.75) is 26.7 Å². The van der Waals surface area contributed by atoms with Gasteiger partial charge < -0.3 is 20.1 Å². The number of para-hydroxylation sites is 1. The normalized spacial score (nSPS) is 14.1.